The highest BCUT2D eigenvalue weighted by molar-refractivity contribution is 6.17. The zero-order valence-electron chi connectivity index (χ0n) is 8.95. The van der Waals surface area contributed by atoms with Crippen LogP contribution in [0, 0.1) is 5.92 Å². The molecule has 0 atom stereocenters. The molecule has 1 fully saturated rings. The monoisotopic (exact) mass is 212 g/mol. The van der Waals surface area contributed by atoms with Crippen molar-refractivity contribution in [1.82, 2.24) is 0 Å². The Bertz CT molecular complexity index is 264. The van der Waals surface area contributed by atoms with Gasteiger partial charge in [0.2, 0.25) is 0 Å². The molecular formula is C11H16O4. The summed E-state index contributed by atoms with van der Waals surface area (Å²) in [6, 6.07) is 0. The molecule has 0 spiro atoms. The summed E-state index contributed by atoms with van der Waals surface area (Å²) in [5.41, 5.74) is -0.0382. The number of hydrogen-bond donors (Lipinski definition) is 0. The van der Waals surface area contributed by atoms with Gasteiger partial charge in [-0.1, -0.05) is 6.58 Å². The van der Waals surface area contributed by atoms with Crippen LogP contribution in [0.1, 0.15) is 19.8 Å². The number of ether oxygens (including phenoxy) is 2. The summed E-state index contributed by atoms with van der Waals surface area (Å²) < 4.78 is 9.86. The van der Waals surface area contributed by atoms with Gasteiger partial charge in [0, 0.05) is 19.1 Å². The summed E-state index contributed by atoms with van der Waals surface area (Å²) in [4.78, 5) is 23.0. The lowest BCUT2D eigenvalue weighted by Gasteiger charge is -2.20. The molecule has 0 aliphatic carbocycles. The maximum absolute atomic E-state index is 11.8. The Morgan fingerprint density at radius 1 is 1.40 bits per heavy atom. The molecule has 4 heteroatoms. The molecule has 0 bridgehead atoms. The van der Waals surface area contributed by atoms with Crippen molar-refractivity contribution in [2.24, 2.45) is 5.92 Å². The Morgan fingerprint density at radius 3 is 2.53 bits per heavy atom. The van der Waals surface area contributed by atoms with Crippen LogP contribution in [-0.4, -0.2) is 31.6 Å². The summed E-state index contributed by atoms with van der Waals surface area (Å²) in [5, 5.41) is 0. The highest BCUT2D eigenvalue weighted by atomic mass is 16.5. The molecule has 1 aliphatic heterocycles. The number of carbonyl (C=O) groups is 2. The molecule has 0 aromatic heterocycles. The van der Waals surface area contributed by atoms with Crippen molar-refractivity contribution in [2.45, 2.75) is 19.8 Å². The molecule has 0 aromatic rings. The summed E-state index contributed by atoms with van der Waals surface area (Å²) >= 11 is 0. The Kier molecular flexibility index (Phi) is 4.49. The number of ketones is 1. The van der Waals surface area contributed by atoms with Crippen LogP contribution in [0.2, 0.25) is 0 Å². The second-order valence-corrected chi connectivity index (χ2v) is 3.45. The van der Waals surface area contributed by atoms with Gasteiger partial charge in [-0.15, -0.1) is 0 Å². The van der Waals surface area contributed by atoms with Crippen LogP contribution in [0.15, 0.2) is 12.2 Å². The van der Waals surface area contributed by atoms with E-state index in [4.69, 9.17) is 9.47 Å². The summed E-state index contributed by atoms with van der Waals surface area (Å²) in [7, 11) is 0. The van der Waals surface area contributed by atoms with E-state index in [-0.39, 0.29) is 23.9 Å². The number of hydrogen-bond acceptors (Lipinski definition) is 4. The van der Waals surface area contributed by atoms with Gasteiger partial charge in [0.1, 0.15) is 0 Å². The second kappa shape index (κ2) is 5.66. The van der Waals surface area contributed by atoms with Crippen LogP contribution in [-0.2, 0) is 19.1 Å². The quantitative estimate of drug-likeness (QED) is 0.303. The zero-order chi connectivity index (χ0) is 11.3. The minimum atomic E-state index is -0.603. The number of rotatable bonds is 4. The van der Waals surface area contributed by atoms with Gasteiger partial charge in [-0.25, -0.2) is 4.79 Å². The van der Waals surface area contributed by atoms with Gasteiger partial charge >= 0.3 is 5.97 Å². The lowest BCUT2D eigenvalue weighted by molar-refractivity contribution is -0.140. The van der Waals surface area contributed by atoms with E-state index in [1.54, 1.807) is 6.92 Å². The summed E-state index contributed by atoms with van der Waals surface area (Å²) in [6.45, 7) is 6.60. The number of carbonyl (C=O) groups excluding carboxylic acids is 2. The van der Waals surface area contributed by atoms with Gasteiger partial charge in [-0.2, -0.15) is 0 Å². The van der Waals surface area contributed by atoms with E-state index in [1.165, 1.54) is 0 Å². The third-order valence-corrected chi connectivity index (χ3v) is 2.41. The van der Waals surface area contributed by atoms with Crippen molar-refractivity contribution in [3.05, 3.63) is 12.2 Å². The Hall–Kier alpha value is -1.16. The maximum atomic E-state index is 11.8. The molecule has 0 unspecified atom stereocenters. The van der Waals surface area contributed by atoms with E-state index in [1.807, 2.05) is 0 Å². The molecule has 4 nitrogen and oxygen atoms in total. The van der Waals surface area contributed by atoms with Crippen LogP contribution in [0.5, 0.6) is 0 Å². The van der Waals surface area contributed by atoms with E-state index >= 15 is 0 Å². The van der Waals surface area contributed by atoms with E-state index in [0.717, 1.165) is 0 Å². The first-order valence-corrected chi connectivity index (χ1v) is 5.14. The number of Topliss-reactive ketones (excluding diaryl/α,β-unsaturated/α-hetero) is 1. The van der Waals surface area contributed by atoms with E-state index < -0.39 is 5.97 Å². The molecule has 0 saturated carbocycles. The third kappa shape index (κ3) is 3.16. The fourth-order valence-corrected chi connectivity index (χ4v) is 1.52. The highest BCUT2D eigenvalue weighted by Crippen LogP contribution is 2.19. The van der Waals surface area contributed by atoms with Crippen molar-refractivity contribution in [1.29, 1.82) is 0 Å². The molecule has 1 saturated heterocycles. The molecule has 0 amide bonds. The molecule has 1 aliphatic rings. The summed E-state index contributed by atoms with van der Waals surface area (Å²) in [6.07, 6.45) is 1.33. The molecular weight excluding hydrogens is 196 g/mol. The van der Waals surface area contributed by atoms with Gasteiger partial charge in [-0.3, -0.25) is 4.79 Å². The van der Waals surface area contributed by atoms with Crippen LogP contribution in [0.4, 0.5) is 0 Å². The zero-order valence-corrected chi connectivity index (χ0v) is 8.95. The van der Waals surface area contributed by atoms with Crippen molar-refractivity contribution in [3.63, 3.8) is 0 Å². The molecule has 1 heterocycles. The molecule has 84 valence electrons. The third-order valence-electron chi connectivity index (χ3n) is 2.41. The smallest absolute Gasteiger partial charge is 0.341 e. The largest absolute Gasteiger partial charge is 0.462 e. The van der Waals surface area contributed by atoms with Gasteiger partial charge < -0.3 is 9.47 Å². The Morgan fingerprint density at radius 2 is 2.00 bits per heavy atom. The first-order chi connectivity index (χ1) is 7.16. The highest BCUT2D eigenvalue weighted by Gasteiger charge is 2.27. The van der Waals surface area contributed by atoms with E-state index in [0.29, 0.717) is 26.1 Å². The normalized spacial score (nSPS) is 17.1. The average Bonchev–Trinajstić information content (AvgIpc) is 2.28. The van der Waals surface area contributed by atoms with Crippen molar-refractivity contribution in [2.75, 3.05) is 19.8 Å². The van der Waals surface area contributed by atoms with Crippen LogP contribution >= 0.6 is 0 Å². The van der Waals surface area contributed by atoms with Gasteiger partial charge in [0.25, 0.3) is 0 Å². The second-order valence-electron chi connectivity index (χ2n) is 3.45. The lowest BCUT2D eigenvalue weighted by Crippen LogP contribution is -2.27. The molecule has 0 aromatic carbocycles. The SMILES string of the molecule is C=C(C(=O)OCC)C(=O)C1CCOCC1. The molecule has 0 radical (unpaired) electrons. The first-order valence-electron chi connectivity index (χ1n) is 5.14. The van der Waals surface area contributed by atoms with Gasteiger partial charge in [0.15, 0.2) is 5.78 Å². The molecule has 0 N–H and O–H groups in total. The van der Waals surface area contributed by atoms with Gasteiger partial charge in [0.05, 0.1) is 12.2 Å². The average molecular weight is 212 g/mol. The minimum Gasteiger partial charge on any atom is -0.462 e. The van der Waals surface area contributed by atoms with Crippen LogP contribution in [0.25, 0.3) is 0 Å². The molecule has 15 heavy (non-hydrogen) atoms. The predicted octanol–water partition coefficient (Wildman–Crippen LogP) is 1.10. The first kappa shape index (κ1) is 11.9. The minimum absolute atomic E-state index is 0.0382. The molecule has 1 rings (SSSR count). The van der Waals surface area contributed by atoms with E-state index in [9.17, 15) is 9.59 Å². The van der Waals surface area contributed by atoms with Gasteiger partial charge in [-0.05, 0) is 19.8 Å². The Balaban J connectivity index is 2.51. The van der Waals surface area contributed by atoms with Crippen molar-refractivity contribution >= 4 is 11.8 Å². The standard InChI is InChI=1S/C11H16O4/c1-3-15-11(13)8(2)10(12)9-4-6-14-7-5-9/h9H,2-7H2,1H3. The van der Waals surface area contributed by atoms with Crippen molar-refractivity contribution in [3.8, 4) is 0 Å². The van der Waals surface area contributed by atoms with Crippen LogP contribution < -0.4 is 0 Å². The summed E-state index contributed by atoms with van der Waals surface area (Å²) in [5.74, 6) is -0.929. The van der Waals surface area contributed by atoms with Crippen molar-refractivity contribution < 1.29 is 19.1 Å². The fourth-order valence-electron chi connectivity index (χ4n) is 1.52. The van der Waals surface area contributed by atoms with E-state index in [2.05, 4.69) is 6.58 Å². The maximum Gasteiger partial charge on any atom is 0.341 e. The predicted molar refractivity (Wildman–Crippen MR) is 54.3 cm³/mol. The topological polar surface area (TPSA) is 52.6 Å². The lowest BCUT2D eigenvalue weighted by atomic mass is 9.91. The number of esters is 1. The fraction of sp³-hybridized carbons (Fsp3) is 0.636. The Labute approximate surface area is 89.2 Å². The van der Waals surface area contributed by atoms with Crippen LogP contribution in [0.3, 0.4) is 0 Å².